The molecule has 0 aromatic heterocycles. The van der Waals surface area contributed by atoms with Gasteiger partial charge < -0.3 is 10.5 Å². The molecule has 0 fully saturated rings. The Morgan fingerprint density at radius 1 is 1.18 bits per heavy atom. The molecule has 1 aliphatic rings. The van der Waals surface area contributed by atoms with Crippen LogP contribution in [0.15, 0.2) is 47.5 Å². The van der Waals surface area contributed by atoms with Crippen LogP contribution in [0, 0.1) is 0 Å². The molecule has 0 saturated carbocycles. The van der Waals surface area contributed by atoms with Crippen LogP contribution in [0.1, 0.15) is 5.56 Å². The van der Waals surface area contributed by atoms with Crippen molar-refractivity contribution >= 4 is 16.8 Å². The third kappa shape index (κ3) is 2.09. The molecule has 0 radical (unpaired) electrons. The van der Waals surface area contributed by atoms with Crippen LogP contribution < -0.4 is 5.73 Å². The van der Waals surface area contributed by atoms with Crippen molar-refractivity contribution in [2.45, 2.75) is 12.5 Å². The summed E-state index contributed by atoms with van der Waals surface area (Å²) >= 11 is 0. The van der Waals surface area contributed by atoms with Gasteiger partial charge in [0, 0.05) is 0 Å². The van der Waals surface area contributed by atoms with Crippen molar-refractivity contribution in [1.29, 1.82) is 0 Å². The van der Waals surface area contributed by atoms with Gasteiger partial charge in [0.25, 0.3) is 6.02 Å². The number of benzene rings is 2. The maximum Gasteiger partial charge on any atom is 0.282 e. The Morgan fingerprint density at radius 2 is 2.00 bits per heavy atom. The van der Waals surface area contributed by atoms with E-state index in [2.05, 4.69) is 47.5 Å². The topological polar surface area (TPSA) is 47.6 Å². The first-order chi connectivity index (χ1) is 8.31. The number of hydrogen-bond acceptors (Lipinski definition) is 3. The lowest BCUT2D eigenvalue weighted by atomic mass is 10.0. The van der Waals surface area contributed by atoms with Gasteiger partial charge in [-0.3, -0.25) is 0 Å². The fraction of sp³-hybridized carbons (Fsp3) is 0.214. The highest BCUT2D eigenvalue weighted by Crippen LogP contribution is 2.18. The smallest absolute Gasteiger partial charge is 0.282 e. The van der Waals surface area contributed by atoms with E-state index in [1.807, 2.05) is 0 Å². The molecule has 2 aromatic rings. The van der Waals surface area contributed by atoms with Crippen molar-refractivity contribution in [2.24, 2.45) is 10.7 Å². The number of aliphatic imine (C=N–C) groups is 1. The molecule has 2 aromatic carbocycles. The molecule has 0 spiro atoms. The van der Waals surface area contributed by atoms with Crippen LogP contribution in [0.5, 0.6) is 0 Å². The van der Waals surface area contributed by atoms with Crippen LogP contribution in [0.3, 0.4) is 0 Å². The SMILES string of the molecule is NC1=N[C@H](Cc2ccc3ccccc3c2)CO1. The zero-order valence-corrected chi connectivity index (χ0v) is 9.47. The molecule has 2 N–H and O–H groups in total. The van der Waals surface area contributed by atoms with Gasteiger partial charge in [-0.2, -0.15) is 0 Å². The third-order valence-electron chi connectivity index (χ3n) is 3.02. The van der Waals surface area contributed by atoms with Gasteiger partial charge in [-0.15, -0.1) is 0 Å². The Balaban J connectivity index is 1.86. The molecule has 0 aliphatic carbocycles. The monoisotopic (exact) mass is 226 g/mol. The van der Waals surface area contributed by atoms with Crippen molar-refractivity contribution in [3.05, 3.63) is 48.0 Å². The predicted molar refractivity (Wildman–Crippen MR) is 69.0 cm³/mol. The third-order valence-corrected chi connectivity index (χ3v) is 3.02. The zero-order chi connectivity index (χ0) is 11.7. The van der Waals surface area contributed by atoms with Crippen LogP contribution >= 0.6 is 0 Å². The second-order valence-electron chi connectivity index (χ2n) is 4.32. The van der Waals surface area contributed by atoms with Crippen molar-refractivity contribution in [3.63, 3.8) is 0 Å². The first-order valence-electron chi connectivity index (χ1n) is 5.75. The minimum absolute atomic E-state index is 0.163. The maximum absolute atomic E-state index is 5.50. The summed E-state index contributed by atoms with van der Waals surface area (Å²) in [6, 6.07) is 15.3. The lowest BCUT2D eigenvalue weighted by Gasteiger charge is -2.06. The molecule has 1 heterocycles. The van der Waals surface area contributed by atoms with Gasteiger partial charge >= 0.3 is 0 Å². The Bertz CT molecular complexity index is 577. The van der Waals surface area contributed by atoms with Crippen molar-refractivity contribution in [2.75, 3.05) is 6.61 Å². The minimum atomic E-state index is 0.163. The van der Waals surface area contributed by atoms with E-state index in [1.165, 1.54) is 16.3 Å². The molecule has 1 aliphatic heterocycles. The van der Waals surface area contributed by atoms with E-state index in [9.17, 15) is 0 Å². The van der Waals surface area contributed by atoms with Gasteiger partial charge in [0.2, 0.25) is 0 Å². The lowest BCUT2D eigenvalue weighted by molar-refractivity contribution is 0.312. The van der Waals surface area contributed by atoms with Gasteiger partial charge in [0.05, 0.1) is 6.04 Å². The summed E-state index contributed by atoms with van der Waals surface area (Å²) in [6.07, 6.45) is 0.880. The van der Waals surface area contributed by atoms with E-state index in [0.29, 0.717) is 12.6 Å². The molecular formula is C14H14N2O. The zero-order valence-electron chi connectivity index (χ0n) is 9.47. The first-order valence-corrected chi connectivity index (χ1v) is 5.75. The highest BCUT2D eigenvalue weighted by molar-refractivity contribution is 5.83. The van der Waals surface area contributed by atoms with Gasteiger partial charge in [-0.05, 0) is 22.8 Å². The molecule has 0 saturated heterocycles. The second kappa shape index (κ2) is 4.09. The standard InChI is InChI=1S/C14H14N2O/c15-14-16-13(9-17-14)8-10-5-6-11-3-1-2-4-12(11)7-10/h1-7,13H,8-9H2,(H2,15,16)/t13-/m1/s1. The van der Waals surface area contributed by atoms with E-state index in [4.69, 9.17) is 10.5 Å². The predicted octanol–water partition coefficient (Wildman–Crippen LogP) is 2.10. The van der Waals surface area contributed by atoms with Gasteiger partial charge in [-0.1, -0.05) is 42.5 Å². The maximum atomic E-state index is 5.50. The first kappa shape index (κ1) is 10.1. The molecule has 3 rings (SSSR count). The molecule has 3 nitrogen and oxygen atoms in total. The summed E-state index contributed by atoms with van der Waals surface area (Å²) in [4.78, 5) is 4.24. The normalized spacial score (nSPS) is 19.1. The summed E-state index contributed by atoms with van der Waals surface area (Å²) in [5.74, 6) is 0. The van der Waals surface area contributed by atoms with Gasteiger partial charge in [0.1, 0.15) is 6.61 Å². The second-order valence-corrected chi connectivity index (χ2v) is 4.32. The van der Waals surface area contributed by atoms with Crippen LogP contribution in [0.25, 0.3) is 10.8 Å². The highest BCUT2D eigenvalue weighted by Gasteiger charge is 2.16. The molecule has 3 heteroatoms. The number of hydrogen-bond donors (Lipinski definition) is 1. The van der Waals surface area contributed by atoms with Crippen LogP contribution in [0.4, 0.5) is 0 Å². The van der Waals surface area contributed by atoms with E-state index in [1.54, 1.807) is 0 Å². The summed E-state index contributed by atoms with van der Waals surface area (Å²) in [5, 5.41) is 2.53. The average molecular weight is 226 g/mol. The lowest BCUT2D eigenvalue weighted by Crippen LogP contribution is -2.11. The molecular weight excluding hydrogens is 212 g/mol. The molecule has 0 bridgehead atoms. The average Bonchev–Trinajstić information content (AvgIpc) is 2.75. The van der Waals surface area contributed by atoms with E-state index < -0.39 is 0 Å². The van der Waals surface area contributed by atoms with E-state index >= 15 is 0 Å². The number of fused-ring (bicyclic) bond motifs is 1. The summed E-state index contributed by atoms with van der Waals surface area (Å²) in [5.41, 5.74) is 6.77. The highest BCUT2D eigenvalue weighted by atomic mass is 16.5. The molecule has 86 valence electrons. The van der Waals surface area contributed by atoms with Crippen LogP contribution in [-0.2, 0) is 11.2 Å². The molecule has 0 amide bonds. The number of nitrogens with two attached hydrogens (primary N) is 1. The molecule has 0 unspecified atom stereocenters. The van der Waals surface area contributed by atoms with Crippen LogP contribution in [0.2, 0.25) is 0 Å². The fourth-order valence-electron chi connectivity index (χ4n) is 2.18. The number of nitrogens with zero attached hydrogens (tertiary/aromatic N) is 1. The Kier molecular flexibility index (Phi) is 2.44. The summed E-state index contributed by atoms with van der Waals surface area (Å²) in [6.45, 7) is 0.596. The summed E-state index contributed by atoms with van der Waals surface area (Å²) in [7, 11) is 0. The molecule has 1 atom stereocenters. The van der Waals surface area contributed by atoms with Gasteiger partial charge in [0.15, 0.2) is 0 Å². The number of rotatable bonds is 2. The number of ether oxygens (including phenoxy) is 1. The Labute approximate surface area is 99.9 Å². The number of amidine groups is 1. The summed E-state index contributed by atoms with van der Waals surface area (Å²) < 4.78 is 5.15. The van der Waals surface area contributed by atoms with Crippen LogP contribution in [-0.4, -0.2) is 18.7 Å². The van der Waals surface area contributed by atoms with E-state index in [0.717, 1.165) is 6.42 Å². The minimum Gasteiger partial charge on any atom is -0.463 e. The largest absolute Gasteiger partial charge is 0.463 e. The van der Waals surface area contributed by atoms with Gasteiger partial charge in [-0.25, -0.2) is 4.99 Å². The Morgan fingerprint density at radius 3 is 2.76 bits per heavy atom. The van der Waals surface area contributed by atoms with Crippen molar-refractivity contribution in [3.8, 4) is 0 Å². The van der Waals surface area contributed by atoms with E-state index in [-0.39, 0.29) is 6.04 Å². The quantitative estimate of drug-likeness (QED) is 0.852. The fourth-order valence-corrected chi connectivity index (χ4v) is 2.18. The Hall–Kier alpha value is -2.03. The van der Waals surface area contributed by atoms with Crippen molar-refractivity contribution in [1.82, 2.24) is 0 Å². The van der Waals surface area contributed by atoms with Crippen molar-refractivity contribution < 1.29 is 4.74 Å². The molecule has 17 heavy (non-hydrogen) atoms.